The number of carbonyl (C=O) groups is 3. The fourth-order valence-corrected chi connectivity index (χ4v) is 3.99. The summed E-state index contributed by atoms with van der Waals surface area (Å²) in [6.45, 7) is 3.45. The lowest BCUT2D eigenvalue weighted by Gasteiger charge is -2.25. The molecule has 0 heterocycles. The lowest BCUT2D eigenvalue weighted by atomic mass is 9.93. The fourth-order valence-electron chi connectivity index (χ4n) is 3.99. The van der Waals surface area contributed by atoms with E-state index in [9.17, 15) is 14.4 Å². The van der Waals surface area contributed by atoms with Gasteiger partial charge >= 0.3 is 6.09 Å². The molecule has 210 valence electrons. The number of rotatable bonds is 13. The summed E-state index contributed by atoms with van der Waals surface area (Å²) in [5, 5.41) is 14.6. The molecule has 0 saturated heterocycles. The highest BCUT2D eigenvalue weighted by molar-refractivity contribution is 6.01. The molecule has 0 bridgehead atoms. The van der Waals surface area contributed by atoms with E-state index in [1.165, 1.54) is 13.0 Å². The number of nitrogen functional groups attached to an aromatic ring is 1. The zero-order valence-electron chi connectivity index (χ0n) is 22.6. The number of nitrogens with two attached hydrogens (primary N) is 1. The van der Waals surface area contributed by atoms with Gasteiger partial charge in [-0.25, -0.2) is 4.79 Å². The minimum absolute atomic E-state index is 0.0676. The van der Waals surface area contributed by atoms with Crippen LogP contribution in [0.15, 0.2) is 84.9 Å². The van der Waals surface area contributed by atoms with Gasteiger partial charge in [-0.3, -0.25) is 14.9 Å². The number of hydrogen-bond acceptors (Lipinski definition) is 7. The van der Waals surface area contributed by atoms with Gasteiger partial charge in [0.05, 0.1) is 18.0 Å². The summed E-state index contributed by atoms with van der Waals surface area (Å²) in [5.41, 5.74) is 8.67. The van der Waals surface area contributed by atoms with Crippen molar-refractivity contribution in [1.82, 2.24) is 0 Å². The van der Waals surface area contributed by atoms with Gasteiger partial charge in [-0.15, -0.1) is 0 Å². The molecule has 9 heteroatoms. The van der Waals surface area contributed by atoms with Gasteiger partial charge in [0, 0.05) is 11.3 Å². The van der Waals surface area contributed by atoms with Crippen LogP contribution in [-0.2, 0) is 9.53 Å². The van der Waals surface area contributed by atoms with Crippen molar-refractivity contribution in [2.24, 2.45) is 5.92 Å². The Labute approximate surface area is 234 Å². The number of ether oxygens (including phenoxy) is 2. The van der Waals surface area contributed by atoms with E-state index in [4.69, 9.17) is 20.3 Å². The van der Waals surface area contributed by atoms with Crippen molar-refractivity contribution in [3.8, 4) is 5.75 Å². The molecule has 0 saturated carbocycles. The molecule has 0 aliphatic heterocycles. The molecular weight excluding hydrogens is 510 g/mol. The molecule has 0 radical (unpaired) electrons. The third-order valence-corrected chi connectivity index (χ3v) is 6.11. The van der Waals surface area contributed by atoms with Crippen molar-refractivity contribution < 1.29 is 29.0 Å². The number of benzene rings is 3. The van der Waals surface area contributed by atoms with Gasteiger partial charge < -0.3 is 25.6 Å². The summed E-state index contributed by atoms with van der Waals surface area (Å²) >= 11 is 0. The molecule has 0 aromatic heterocycles. The molecule has 3 rings (SSSR count). The molecule has 0 fully saturated rings. The number of allylic oxidation sites excluding steroid dienone is 1. The predicted octanol–water partition coefficient (Wildman–Crippen LogP) is 5.74. The second-order valence-electron chi connectivity index (χ2n) is 9.26. The summed E-state index contributed by atoms with van der Waals surface area (Å²) in [6, 6.07) is 20.7. The Balaban J connectivity index is 1.67. The van der Waals surface area contributed by atoms with Gasteiger partial charge in [-0.2, -0.15) is 0 Å². The van der Waals surface area contributed by atoms with Gasteiger partial charge in [0.2, 0.25) is 5.91 Å². The molecule has 0 aliphatic rings. The van der Waals surface area contributed by atoms with Gasteiger partial charge in [0.15, 0.2) is 5.78 Å². The fraction of sp³-hybridized carbons (Fsp3) is 0.258. The first-order valence-electron chi connectivity index (χ1n) is 13.0. The van der Waals surface area contributed by atoms with Crippen molar-refractivity contribution >= 4 is 34.8 Å². The van der Waals surface area contributed by atoms with Crippen LogP contribution >= 0.6 is 0 Å². The average molecular weight is 546 g/mol. The summed E-state index contributed by atoms with van der Waals surface area (Å²) in [6.07, 6.45) is 3.12. The Morgan fingerprint density at radius 2 is 1.75 bits per heavy atom. The molecule has 5 N–H and O–H groups in total. The van der Waals surface area contributed by atoms with Gasteiger partial charge in [-0.05, 0) is 85.9 Å². The zero-order valence-corrected chi connectivity index (χ0v) is 22.6. The number of nitrogens with one attached hydrogen (secondary N) is 2. The average Bonchev–Trinajstić information content (AvgIpc) is 2.94. The zero-order chi connectivity index (χ0) is 28.9. The summed E-state index contributed by atoms with van der Waals surface area (Å²) in [5.74, 6) is 0.0602. The number of hydrogen-bond donors (Lipinski definition) is 4. The maximum atomic E-state index is 12.9. The van der Waals surface area contributed by atoms with Crippen molar-refractivity contribution in [3.05, 3.63) is 96.1 Å². The van der Waals surface area contributed by atoms with E-state index in [0.717, 1.165) is 5.56 Å². The summed E-state index contributed by atoms with van der Waals surface area (Å²) in [4.78, 5) is 36.7. The second kappa shape index (κ2) is 15.1. The number of amides is 2. The largest absolute Gasteiger partial charge is 0.491 e. The van der Waals surface area contributed by atoms with E-state index in [1.54, 1.807) is 72.8 Å². The number of para-hydroxylation sites is 2. The predicted molar refractivity (Wildman–Crippen MR) is 155 cm³/mol. The van der Waals surface area contributed by atoms with E-state index in [1.807, 2.05) is 13.0 Å². The topological polar surface area (TPSA) is 140 Å². The Morgan fingerprint density at radius 1 is 1.00 bits per heavy atom. The van der Waals surface area contributed by atoms with Crippen LogP contribution in [0.4, 0.5) is 21.9 Å². The number of ketones is 1. The van der Waals surface area contributed by atoms with E-state index in [0.29, 0.717) is 41.2 Å². The number of carbonyl (C=O) groups excluding carboxylic acids is 3. The van der Waals surface area contributed by atoms with Crippen LogP contribution in [0, 0.1) is 5.92 Å². The molecule has 2 amide bonds. The molecule has 3 aromatic rings. The third-order valence-electron chi connectivity index (χ3n) is 6.11. The molecular formula is C31H35N3O6. The first kappa shape index (κ1) is 29.9. The van der Waals surface area contributed by atoms with E-state index < -0.39 is 12.2 Å². The molecule has 0 unspecified atom stereocenters. The third kappa shape index (κ3) is 9.28. The van der Waals surface area contributed by atoms with Gasteiger partial charge in [0.25, 0.3) is 0 Å². The van der Waals surface area contributed by atoms with Crippen LogP contribution in [-0.4, -0.2) is 36.1 Å². The Hall–Kier alpha value is -4.63. The van der Waals surface area contributed by atoms with Crippen LogP contribution in [0.1, 0.15) is 48.7 Å². The Morgan fingerprint density at radius 3 is 2.45 bits per heavy atom. The smallest absolute Gasteiger partial charge is 0.412 e. The highest BCUT2D eigenvalue weighted by Crippen LogP contribution is 2.32. The normalized spacial score (nSPS) is 12.4. The first-order chi connectivity index (χ1) is 19.3. The van der Waals surface area contributed by atoms with Crippen LogP contribution < -0.4 is 21.1 Å². The molecule has 0 spiro atoms. The van der Waals surface area contributed by atoms with Gasteiger partial charge in [-0.1, -0.05) is 37.3 Å². The summed E-state index contributed by atoms with van der Waals surface area (Å²) < 4.78 is 11.4. The molecule has 40 heavy (non-hydrogen) atoms. The lowest BCUT2D eigenvalue weighted by Crippen LogP contribution is -2.22. The number of Topliss-reactive ketones (excluding diaryl/α,β-unsaturated/α-hetero) is 1. The van der Waals surface area contributed by atoms with E-state index in [2.05, 4.69) is 10.6 Å². The molecule has 3 aromatic carbocycles. The lowest BCUT2D eigenvalue weighted by molar-refractivity contribution is -0.111. The SMILES string of the molecule is CC(=O)c1ccc(NC(=O)O[C@@H](c2cccc(OCCO)c2)[C@H](C)CC/C=C/C(=O)Nc2ccccc2N)cc1. The Kier molecular flexibility index (Phi) is 11.3. The van der Waals surface area contributed by atoms with Crippen molar-refractivity contribution in [2.75, 3.05) is 29.6 Å². The molecule has 2 atom stereocenters. The van der Waals surface area contributed by atoms with Crippen LogP contribution in [0.2, 0.25) is 0 Å². The number of aliphatic hydroxyl groups excluding tert-OH is 1. The van der Waals surface area contributed by atoms with Crippen LogP contribution in [0.25, 0.3) is 0 Å². The minimum atomic E-state index is -0.649. The van der Waals surface area contributed by atoms with E-state index in [-0.39, 0.29) is 30.8 Å². The quantitative estimate of drug-likeness (QED) is 0.122. The summed E-state index contributed by atoms with van der Waals surface area (Å²) in [7, 11) is 0. The first-order valence-corrected chi connectivity index (χ1v) is 13.0. The van der Waals surface area contributed by atoms with Crippen molar-refractivity contribution in [1.29, 1.82) is 0 Å². The molecule has 0 aliphatic carbocycles. The van der Waals surface area contributed by atoms with Gasteiger partial charge in [0.1, 0.15) is 18.5 Å². The maximum Gasteiger partial charge on any atom is 0.412 e. The monoisotopic (exact) mass is 545 g/mol. The number of anilines is 3. The Bertz CT molecular complexity index is 1320. The number of aliphatic hydroxyl groups is 1. The minimum Gasteiger partial charge on any atom is -0.491 e. The van der Waals surface area contributed by atoms with E-state index >= 15 is 0 Å². The highest BCUT2D eigenvalue weighted by Gasteiger charge is 2.24. The van der Waals surface area contributed by atoms with Crippen molar-refractivity contribution in [2.45, 2.75) is 32.8 Å². The maximum absolute atomic E-state index is 12.9. The highest BCUT2D eigenvalue weighted by atomic mass is 16.6. The standard InChI is InChI=1S/C31H35N3O6/c1-21(8-3-6-13-29(37)34-28-12-5-4-11-27(28)32)30(24-9-7-10-26(20-24)39-19-18-35)40-31(38)33-25-16-14-23(15-17-25)22(2)36/h4-7,9-17,20-21,30,35H,3,8,18-19,32H2,1-2H3,(H,33,38)(H,34,37)/b13-6+/t21-,30-/m1/s1. The van der Waals surface area contributed by atoms with Crippen molar-refractivity contribution in [3.63, 3.8) is 0 Å². The van der Waals surface area contributed by atoms with Crippen LogP contribution in [0.5, 0.6) is 5.75 Å². The second-order valence-corrected chi connectivity index (χ2v) is 9.26. The molecule has 9 nitrogen and oxygen atoms in total. The van der Waals surface area contributed by atoms with Crippen LogP contribution in [0.3, 0.4) is 0 Å².